The predicted molar refractivity (Wildman–Crippen MR) is 136 cm³/mol. The molecule has 2 amide bonds. The van der Waals surface area contributed by atoms with Crippen LogP contribution in [0.3, 0.4) is 0 Å². The molecule has 0 aliphatic rings. The third kappa shape index (κ3) is 6.84. The number of nitrogens with one attached hydrogen (secondary N) is 1. The molecule has 3 aromatic carbocycles. The molecule has 1 atom stereocenters. The lowest BCUT2D eigenvalue weighted by Gasteiger charge is -2.31. The van der Waals surface area contributed by atoms with Gasteiger partial charge >= 0.3 is 0 Å². The first kappa shape index (κ1) is 25.3. The van der Waals surface area contributed by atoms with Crippen molar-refractivity contribution < 1.29 is 14.3 Å². The normalized spacial score (nSPS) is 11.5. The van der Waals surface area contributed by atoms with Crippen LogP contribution >= 0.6 is 11.6 Å². The minimum atomic E-state index is -0.687. The van der Waals surface area contributed by atoms with Crippen molar-refractivity contribution in [2.75, 3.05) is 13.2 Å². The number of ether oxygens (including phenoxy) is 1. The third-order valence-electron chi connectivity index (χ3n) is 5.79. The van der Waals surface area contributed by atoms with Crippen molar-refractivity contribution in [3.8, 4) is 5.75 Å². The van der Waals surface area contributed by atoms with Crippen LogP contribution < -0.4 is 10.1 Å². The fourth-order valence-corrected chi connectivity index (χ4v) is 3.86. The average molecular weight is 479 g/mol. The van der Waals surface area contributed by atoms with Gasteiger partial charge in [-0.1, -0.05) is 66.2 Å². The quantitative estimate of drug-likeness (QED) is 0.440. The van der Waals surface area contributed by atoms with Crippen LogP contribution in [0.5, 0.6) is 5.75 Å². The van der Waals surface area contributed by atoms with E-state index in [1.165, 1.54) is 0 Å². The van der Waals surface area contributed by atoms with E-state index in [0.29, 0.717) is 23.7 Å². The summed E-state index contributed by atoms with van der Waals surface area (Å²) in [6, 6.07) is 22.1. The van der Waals surface area contributed by atoms with E-state index in [4.69, 9.17) is 16.3 Å². The predicted octanol–water partition coefficient (Wildman–Crippen LogP) is 5.11. The highest BCUT2D eigenvalue weighted by atomic mass is 35.5. The zero-order valence-electron chi connectivity index (χ0n) is 19.9. The summed E-state index contributed by atoms with van der Waals surface area (Å²) >= 11 is 6.05. The molecule has 0 bridgehead atoms. The van der Waals surface area contributed by atoms with Crippen molar-refractivity contribution in [2.24, 2.45) is 0 Å². The topological polar surface area (TPSA) is 58.6 Å². The smallest absolute Gasteiger partial charge is 0.261 e. The zero-order valence-corrected chi connectivity index (χ0v) is 20.6. The second-order valence-electron chi connectivity index (χ2n) is 8.23. The largest absolute Gasteiger partial charge is 0.483 e. The van der Waals surface area contributed by atoms with Gasteiger partial charge in [0.1, 0.15) is 11.8 Å². The summed E-state index contributed by atoms with van der Waals surface area (Å²) in [5.74, 6) is 0.209. The van der Waals surface area contributed by atoms with E-state index in [1.54, 1.807) is 17.0 Å². The molecule has 5 nitrogen and oxygen atoms in total. The molecule has 0 aliphatic carbocycles. The highest BCUT2D eigenvalue weighted by Gasteiger charge is 2.30. The number of amides is 2. The summed E-state index contributed by atoms with van der Waals surface area (Å²) in [4.78, 5) is 28.3. The van der Waals surface area contributed by atoms with Gasteiger partial charge in [0.05, 0.1) is 0 Å². The van der Waals surface area contributed by atoms with Crippen LogP contribution in [-0.4, -0.2) is 35.9 Å². The summed E-state index contributed by atoms with van der Waals surface area (Å²) in [5, 5.41) is 3.51. The third-order valence-corrected chi connectivity index (χ3v) is 6.05. The fourth-order valence-electron chi connectivity index (χ4n) is 3.74. The molecule has 3 aromatic rings. The number of hydrogen-bond donors (Lipinski definition) is 1. The molecule has 0 fully saturated rings. The maximum absolute atomic E-state index is 13.5. The summed E-state index contributed by atoms with van der Waals surface area (Å²) in [5.41, 5.74) is 3.94. The van der Waals surface area contributed by atoms with Crippen LogP contribution in [-0.2, 0) is 22.6 Å². The average Bonchev–Trinajstić information content (AvgIpc) is 2.84. The Hall–Kier alpha value is -3.31. The number of halogens is 1. The number of nitrogens with zero attached hydrogens (tertiary/aromatic N) is 1. The number of likely N-dealkylation sites (N-methyl/N-ethyl adjacent to an activating group) is 1. The van der Waals surface area contributed by atoms with Gasteiger partial charge in [-0.2, -0.15) is 0 Å². The molecular formula is C28H31ClN2O3. The lowest BCUT2D eigenvalue weighted by Crippen LogP contribution is -2.51. The van der Waals surface area contributed by atoms with Crippen molar-refractivity contribution in [3.05, 3.63) is 100 Å². The van der Waals surface area contributed by atoms with E-state index >= 15 is 0 Å². The first-order valence-corrected chi connectivity index (χ1v) is 11.8. The molecule has 1 N–H and O–H groups in total. The monoisotopic (exact) mass is 478 g/mol. The lowest BCUT2D eigenvalue weighted by atomic mass is 10.0. The standard InChI is InChI=1S/C28H31ClN2O3/c1-4-30-28(33)25(17-22-10-6-5-7-11-22)31(18-23-13-15-24(29)16-14-23)27(32)19-34-26-12-8-9-20(2)21(26)3/h5-16,25H,4,17-19H2,1-3H3,(H,30,33)/t25-/m0/s1. The van der Waals surface area contributed by atoms with Gasteiger partial charge in [0.25, 0.3) is 5.91 Å². The van der Waals surface area contributed by atoms with E-state index in [0.717, 1.165) is 22.3 Å². The SMILES string of the molecule is CCNC(=O)[C@H](Cc1ccccc1)N(Cc1ccc(Cl)cc1)C(=O)COc1cccc(C)c1C. The minimum Gasteiger partial charge on any atom is -0.483 e. The van der Waals surface area contributed by atoms with Crippen molar-refractivity contribution in [1.29, 1.82) is 0 Å². The number of carbonyl (C=O) groups is 2. The summed E-state index contributed by atoms with van der Waals surface area (Å²) in [6.45, 7) is 6.41. The molecular weight excluding hydrogens is 448 g/mol. The second-order valence-corrected chi connectivity index (χ2v) is 8.67. The number of hydrogen-bond acceptors (Lipinski definition) is 3. The van der Waals surface area contributed by atoms with Crippen LogP contribution in [0.4, 0.5) is 0 Å². The Bertz CT molecular complexity index is 1100. The molecule has 0 aromatic heterocycles. The summed E-state index contributed by atoms with van der Waals surface area (Å²) in [7, 11) is 0. The molecule has 0 radical (unpaired) electrons. The van der Waals surface area contributed by atoms with Crippen molar-refractivity contribution in [2.45, 2.75) is 39.8 Å². The Labute approximate surface area is 206 Å². The van der Waals surface area contributed by atoms with E-state index in [9.17, 15) is 9.59 Å². The van der Waals surface area contributed by atoms with Crippen LogP contribution in [0.15, 0.2) is 72.8 Å². The first-order chi connectivity index (χ1) is 16.4. The molecule has 0 spiro atoms. The molecule has 0 saturated heterocycles. The Balaban J connectivity index is 1.90. The van der Waals surface area contributed by atoms with E-state index < -0.39 is 6.04 Å². The van der Waals surface area contributed by atoms with Gasteiger partial charge in [0.2, 0.25) is 5.91 Å². The molecule has 0 heterocycles. The minimum absolute atomic E-state index is 0.164. The Morgan fingerprint density at radius 2 is 1.65 bits per heavy atom. The second kappa shape index (κ2) is 12.2. The van der Waals surface area contributed by atoms with Crippen LogP contribution in [0.25, 0.3) is 0 Å². The van der Waals surface area contributed by atoms with Crippen LogP contribution in [0, 0.1) is 13.8 Å². The van der Waals surface area contributed by atoms with Crippen LogP contribution in [0.2, 0.25) is 5.02 Å². The maximum atomic E-state index is 13.5. The maximum Gasteiger partial charge on any atom is 0.261 e. The molecule has 0 aliphatic heterocycles. The highest BCUT2D eigenvalue weighted by Crippen LogP contribution is 2.22. The molecule has 34 heavy (non-hydrogen) atoms. The summed E-state index contributed by atoms with van der Waals surface area (Å²) < 4.78 is 5.91. The molecule has 0 saturated carbocycles. The molecule has 6 heteroatoms. The van der Waals surface area contributed by atoms with E-state index in [1.807, 2.05) is 81.4 Å². The lowest BCUT2D eigenvalue weighted by molar-refractivity contribution is -0.142. The van der Waals surface area contributed by atoms with Gasteiger partial charge in [-0.25, -0.2) is 0 Å². The van der Waals surface area contributed by atoms with Gasteiger partial charge in [0, 0.05) is 24.5 Å². The Morgan fingerprint density at radius 3 is 2.32 bits per heavy atom. The van der Waals surface area contributed by atoms with Crippen molar-refractivity contribution in [1.82, 2.24) is 10.2 Å². The number of benzene rings is 3. The number of rotatable bonds is 10. The Kier molecular flexibility index (Phi) is 9.11. The fraction of sp³-hybridized carbons (Fsp3) is 0.286. The Morgan fingerprint density at radius 1 is 0.941 bits per heavy atom. The number of aryl methyl sites for hydroxylation is 1. The van der Waals surface area contributed by atoms with Crippen LogP contribution in [0.1, 0.15) is 29.2 Å². The van der Waals surface area contributed by atoms with Gasteiger partial charge in [-0.15, -0.1) is 0 Å². The molecule has 0 unspecified atom stereocenters. The van der Waals surface area contributed by atoms with Gasteiger partial charge < -0.3 is 15.0 Å². The van der Waals surface area contributed by atoms with E-state index in [2.05, 4.69) is 5.32 Å². The number of carbonyl (C=O) groups excluding carboxylic acids is 2. The zero-order chi connectivity index (χ0) is 24.5. The molecule has 3 rings (SSSR count). The van der Waals surface area contributed by atoms with E-state index in [-0.39, 0.29) is 25.0 Å². The highest BCUT2D eigenvalue weighted by molar-refractivity contribution is 6.30. The van der Waals surface area contributed by atoms with Gasteiger partial charge in [0.15, 0.2) is 6.61 Å². The van der Waals surface area contributed by atoms with Crippen molar-refractivity contribution >= 4 is 23.4 Å². The summed E-state index contributed by atoms with van der Waals surface area (Å²) in [6.07, 6.45) is 0.398. The molecule has 178 valence electrons. The van der Waals surface area contributed by atoms with Gasteiger partial charge in [-0.3, -0.25) is 9.59 Å². The van der Waals surface area contributed by atoms with Gasteiger partial charge in [-0.05, 0) is 61.2 Å². The first-order valence-electron chi connectivity index (χ1n) is 11.4. The van der Waals surface area contributed by atoms with Crippen molar-refractivity contribution in [3.63, 3.8) is 0 Å².